The number of hydrogen-bond acceptors (Lipinski definition) is 4. The third kappa shape index (κ3) is 3.79. The maximum absolute atomic E-state index is 6.17. The van der Waals surface area contributed by atoms with E-state index in [2.05, 4.69) is 5.32 Å². The van der Waals surface area contributed by atoms with Gasteiger partial charge in [0.15, 0.2) is 0 Å². The molecule has 0 amide bonds. The second-order valence-electron chi connectivity index (χ2n) is 5.98. The minimum Gasteiger partial charge on any atom is -0.489 e. The maximum Gasteiger partial charge on any atom is 0.144 e. The first-order chi connectivity index (χ1) is 9.56. The predicted molar refractivity (Wildman–Crippen MR) is 83.3 cm³/mol. The molecule has 0 radical (unpaired) electrons. The number of nitrogens with two attached hydrogens (primary N) is 1. The van der Waals surface area contributed by atoms with Crippen LogP contribution >= 0.6 is 0 Å². The lowest BCUT2D eigenvalue weighted by atomic mass is 10.0. The van der Waals surface area contributed by atoms with Gasteiger partial charge in [-0.15, -0.1) is 0 Å². The molecule has 0 bridgehead atoms. The summed E-state index contributed by atoms with van der Waals surface area (Å²) < 4.78 is 10.9. The Bertz CT molecular complexity index is 442. The summed E-state index contributed by atoms with van der Waals surface area (Å²) in [4.78, 5) is 0. The van der Waals surface area contributed by atoms with Gasteiger partial charge in [-0.25, -0.2) is 0 Å². The quantitative estimate of drug-likeness (QED) is 0.716. The summed E-state index contributed by atoms with van der Waals surface area (Å²) in [7, 11) is 1.76. The van der Waals surface area contributed by atoms with Crippen LogP contribution < -0.4 is 15.8 Å². The molecule has 1 saturated carbocycles. The summed E-state index contributed by atoms with van der Waals surface area (Å²) in [5.41, 5.74) is 8.23. The molecule has 0 unspecified atom stereocenters. The minimum atomic E-state index is 0.129. The molecule has 3 N–H and O–H groups in total. The number of nitrogens with one attached hydrogen (secondary N) is 1. The van der Waals surface area contributed by atoms with E-state index in [1.807, 2.05) is 32.0 Å². The van der Waals surface area contributed by atoms with E-state index in [4.69, 9.17) is 15.2 Å². The Morgan fingerprint density at radius 1 is 1.35 bits per heavy atom. The van der Waals surface area contributed by atoms with E-state index in [0.717, 1.165) is 31.0 Å². The Kier molecular flexibility index (Phi) is 4.76. The monoisotopic (exact) mass is 278 g/mol. The van der Waals surface area contributed by atoms with Crippen molar-refractivity contribution in [2.45, 2.75) is 39.2 Å². The van der Waals surface area contributed by atoms with Crippen LogP contribution in [-0.4, -0.2) is 26.4 Å². The van der Waals surface area contributed by atoms with Crippen LogP contribution in [0.3, 0.4) is 0 Å². The highest BCUT2D eigenvalue weighted by molar-refractivity contribution is 5.73. The SMILES string of the molecule is COCCC1(CNc2cccc(OC(C)C)c2N)CC1. The average Bonchev–Trinajstić information content (AvgIpc) is 3.18. The van der Waals surface area contributed by atoms with Gasteiger partial charge in [-0.05, 0) is 50.7 Å². The summed E-state index contributed by atoms with van der Waals surface area (Å²) in [5.74, 6) is 0.756. The largest absolute Gasteiger partial charge is 0.489 e. The zero-order valence-corrected chi connectivity index (χ0v) is 12.7. The zero-order valence-electron chi connectivity index (χ0n) is 12.7. The van der Waals surface area contributed by atoms with Gasteiger partial charge in [0.05, 0.1) is 17.5 Å². The Hall–Kier alpha value is -1.42. The van der Waals surface area contributed by atoms with E-state index in [0.29, 0.717) is 11.1 Å². The summed E-state index contributed by atoms with van der Waals surface area (Å²) in [6, 6.07) is 5.90. The van der Waals surface area contributed by atoms with Gasteiger partial charge in [-0.3, -0.25) is 0 Å². The Labute approximate surface area is 121 Å². The molecule has 4 nitrogen and oxygen atoms in total. The lowest BCUT2D eigenvalue weighted by molar-refractivity contribution is 0.175. The third-order valence-electron chi connectivity index (χ3n) is 3.88. The molecule has 0 heterocycles. The number of hydrogen-bond donors (Lipinski definition) is 2. The second kappa shape index (κ2) is 6.35. The maximum atomic E-state index is 6.17. The van der Waals surface area contributed by atoms with Gasteiger partial charge in [0.25, 0.3) is 0 Å². The van der Waals surface area contributed by atoms with Gasteiger partial charge >= 0.3 is 0 Å². The highest BCUT2D eigenvalue weighted by atomic mass is 16.5. The number of para-hydroxylation sites is 1. The molecule has 0 aromatic heterocycles. The topological polar surface area (TPSA) is 56.5 Å². The fraction of sp³-hybridized carbons (Fsp3) is 0.625. The van der Waals surface area contributed by atoms with Gasteiger partial charge in [0, 0.05) is 20.3 Å². The van der Waals surface area contributed by atoms with Crippen LogP contribution in [-0.2, 0) is 4.74 Å². The van der Waals surface area contributed by atoms with Crippen molar-refractivity contribution < 1.29 is 9.47 Å². The van der Waals surface area contributed by atoms with E-state index in [-0.39, 0.29) is 6.10 Å². The van der Waals surface area contributed by atoms with Crippen molar-refractivity contribution in [3.63, 3.8) is 0 Å². The molecule has 1 fully saturated rings. The molecule has 20 heavy (non-hydrogen) atoms. The van der Waals surface area contributed by atoms with Crippen molar-refractivity contribution in [2.75, 3.05) is 31.3 Å². The minimum absolute atomic E-state index is 0.129. The first-order valence-electron chi connectivity index (χ1n) is 7.34. The number of benzene rings is 1. The first kappa shape index (κ1) is 15.0. The van der Waals surface area contributed by atoms with Crippen LogP contribution in [0, 0.1) is 5.41 Å². The second-order valence-corrected chi connectivity index (χ2v) is 5.98. The lowest BCUT2D eigenvalue weighted by Gasteiger charge is -2.19. The Balaban J connectivity index is 1.96. The standard InChI is InChI=1S/C16H26N2O2/c1-12(2)20-14-6-4-5-13(15(14)17)18-11-16(7-8-16)9-10-19-3/h4-6,12,18H,7-11,17H2,1-3H3. The molecule has 1 aromatic rings. The molecular weight excluding hydrogens is 252 g/mol. The van der Waals surface area contributed by atoms with Gasteiger partial charge in [0.2, 0.25) is 0 Å². The molecule has 1 aliphatic rings. The van der Waals surface area contributed by atoms with E-state index >= 15 is 0 Å². The Morgan fingerprint density at radius 3 is 2.70 bits per heavy atom. The first-order valence-corrected chi connectivity index (χ1v) is 7.34. The fourth-order valence-electron chi connectivity index (χ4n) is 2.35. The number of nitrogen functional groups attached to an aromatic ring is 1. The predicted octanol–water partition coefficient (Wildman–Crippen LogP) is 3.28. The van der Waals surface area contributed by atoms with Crippen LogP contribution in [0.2, 0.25) is 0 Å². The van der Waals surface area contributed by atoms with Crippen LogP contribution in [0.15, 0.2) is 18.2 Å². The van der Waals surface area contributed by atoms with E-state index in [1.165, 1.54) is 12.8 Å². The van der Waals surface area contributed by atoms with Crippen LogP contribution in [0.4, 0.5) is 11.4 Å². The van der Waals surface area contributed by atoms with Crippen molar-refractivity contribution in [2.24, 2.45) is 5.41 Å². The molecule has 112 valence electrons. The molecule has 0 spiro atoms. The van der Waals surface area contributed by atoms with Crippen molar-refractivity contribution >= 4 is 11.4 Å². The van der Waals surface area contributed by atoms with Crippen LogP contribution in [0.1, 0.15) is 33.1 Å². The number of ether oxygens (including phenoxy) is 2. The van der Waals surface area contributed by atoms with Crippen LogP contribution in [0.5, 0.6) is 5.75 Å². The molecule has 2 rings (SSSR count). The Morgan fingerprint density at radius 2 is 2.10 bits per heavy atom. The van der Waals surface area contributed by atoms with Gasteiger partial charge in [-0.2, -0.15) is 0 Å². The van der Waals surface area contributed by atoms with Crippen molar-refractivity contribution in [3.05, 3.63) is 18.2 Å². The summed E-state index contributed by atoms with van der Waals surface area (Å²) >= 11 is 0. The fourth-order valence-corrected chi connectivity index (χ4v) is 2.35. The van der Waals surface area contributed by atoms with Crippen molar-refractivity contribution in [1.82, 2.24) is 0 Å². The van der Waals surface area contributed by atoms with E-state index < -0.39 is 0 Å². The molecule has 0 aliphatic heterocycles. The lowest BCUT2D eigenvalue weighted by Crippen LogP contribution is -2.18. The third-order valence-corrected chi connectivity index (χ3v) is 3.88. The van der Waals surface area contributed by atoms with Crippen LogP contribution in [0.25, 0.3) is 0 Å². The molecular formula is C16H26N2O2. The number of methoxy groups -OCH3 is 1. The highest BCUT2D eigenvalue weighted by Gasteiger charge is 2.41. The summed E-state index contributed by atoms with van der Waals surface area (Å²) in [6.07, 6.45) is 3.78. The van der Waals surface area contributed by atoms with Gasteiger partial charge in [-0.1, -0.05) is 6.07 Å². The van der Waals surface area contributed by atoms with Crippen molar-refractivity contribution in [1.29, 1.82) is 0 Å². The van der Waals surface area contributed by atoms with E-state index in [9.17, 15) is 0 Å². The van der Waals surface area contributed by atoms with Gasteiger partial charge in [0.1, 0.15) is 5.75 Å². The molecule has 1 aromatic carbocycles. The molecule has 4 heteroatoms. The van der Waals surface area contributed by atoms with Crippen molar-refractivity contribution in [3.8, 4) is 5.75 Å². The van der Waals surface area contributed by atoms with Gasteiger partial charge < -0.3 is 20.5 Å². The van der Waals surface area contributed by atoms with E-state index in [1.54, 1.807) is 7.11 Å². The molecule has 0 saturated heterocycles. The molecule has 1 aliphatic carbocycles. The average molecular weight is 278 g/mol. The zero-order chi connectivity index (χ0) is 14.6. The summed E-state index contributed by atoms with van der Waals surface area (Å²) in [6.45, 7) is 5.78. The normalized spacial score (nSPS) is 16.2. The highest BCUT2D eigenvalue weighted by Crippen LogP contribution is 2.49. The molecule has 0 atom stereocenters. The smallest absolute Gasteiger partial charge is 0.144 e. The number of rotatable bonds is 8. The number of anilines is 2. The summed E-state index contributed by atoms with van der Waals surface area (Å²) in [5, 5.41) is 3.48.